The summed E-state index contributed by atoms with van der Waals surface area (Å²) in [6, 6.07) is 13.9. The van der Waals surface area contributed by atoms with Crippen LogP contribution >= 0.6 is 0 Å². The second-order valence-corrected chi connectivity index (χ2v) is 9.59. The van der Waals surface area contributed by atoms with E-state index in [4.69, 9.17) is 0 Å². The van der Waals surface area contributed by atoms with E-state index in [0.717, 1.165) is 6.07 Å². The molecule has 6 nitrogen and oxygen atoms in total. The summed E-state index contributed by atoms with van der Waals surface area (Å²) in [6.07, 6.45) is 3.00. The Kier molecular flexibility index (Phi) is 7.82. The topological polar surface area (TPSA) is 86.9 Å². The van der Waals surface area contributed by atoms with Crippen LogP contribution in [0.25, 0.3) is 22.0 Å². The highest BCUT2D eigenvalue weighted by Gasteiger charge is 2.23. The van der Waals surface area contributed by atoms with Gasteiger partial charge in [0.25, 0.3) is 0 Å². The second kappa shape index (κ2) is 11.6. The maximum atomic E-state index is 14.4. The highest BCUT2D eigenvalue weighted by molar-refractivity contribution is 5.90. The molecule has 0 aliphatic rings. The molecular weight excluding hydrogens is 536 g/mol. The van der Waals surface area contributed by atoms with E-state index in [2.05, 4.69) is 20.6 Å². The van der Waals surface area contributed by atoms with Gasteiger partial charge < -0.3 is 15.6 Å². The first kappa shape index (κ1) is 27.6. The quantitative estimate of drug-likeness (QED) is 0.192. The number of benzene rings is 3. The Balaban J connectivity index is 1.52. The summed E-state index contributed by atoms with van der Waals surface area (Å²) >= 11 is 0. The van der Waals surface area contributed by atoms with Crippen LogP contribution in [0, 0.1) is 23.3 Å². The molecule has 2 aromatic heterocycles. The molecule has 2 amide bonds. The number of nitrogens with zero attached hydrogens (tertiary/aromatic N) is 1. The summed E-state index contributed by atoms with van der Waals surface area (Å²) in [5.41, 5.74) is 2.83. The van der Waals surface area contributed by atoms with Crippen LogP contribution in [0.4, 0.5) is 23.2 Å². The van der Waals surface area contributed by atoms with Gasteiger partial charge in [0.2, 0.25) is 11.8 Å². The van der Waals surface area contributed by atoms with Gasteiger partial charge in [-0.1, -0.05) is 12.1 Å². The average molecular weight is 561 g/mol. The van der Waals surface area contributed by atoms with Crippen molar-refractivity contribution in [3.8, 4) is 11.1 Å². The van der Waals surface area contributed by atoms with Crippen molar-refractivity contribution in [2.75, 3.05) is 5.32 Å². The van der Waals surface area contributed by atoms with E-state index in [0.29, 0.717) is 33.3 Å². The first-order valence-corrected chi connectivity index (χ1v) is 12.7. The Morgan fingerprint density at radius 2 is 1.71 bits per heavy atom. The van der Waals surface area contributed by atoms with Gasteiger partial charge in [-0.3, -0.25) is 14.6 Å². The second-order valence-electron chi connectivity index (χ2n) is 9.59. The van der Waals surface area contributed by atoms with Crippen molar-refractivity contribution in [3.63, 3.8) is 0 Å². The molecule has 3 aromatic carbocycles. The molecule has 0 aliphatic carbocycles. The van der Waals surface area contributed by atoms with Gasteiger partial charge in [0.1, 0.15) is 23.3 Å². The molecule has 0 radical (unpaired) electrons. The average Bonchev–Trinajstić information content (AvgIpc) is 3.30. The number of pyridine rings is 1. The minimum absolute atomic E-state index is 0.0211. The lowest BCUT2D eigenvalue weighted by atomic mass is 9.95. The molecule has 10 heteroatoms. The van der Waals surface area contributed by atoms with Gasteiger partial charge >= 0.3 is 0 Å². The number of aromatic amines is 1. The third-order valence-corrected chi connectivity index (χ3v) is 6.53. The van der Waals surface area contributed by atoms with E-state index in [1.54, 1.807) is 24.4 Å². The van der Waals surface area contributed by atoms with Crippen molar-refractivity contribution in [2.45, 2.75) is 25.8 Å². The van der Waals surface area contributed by atoms with Crippen molar-refractivity contribution in [2.24, 2.45) is 0 Å². The highest BCUT2D eigenvalue weighted by Crippen LogP contribution is 2.32. The number of fused-ring (bicyclic) bond motifs is 1. The van der Waals surface area contributed by atoms with E-state index in [-0.39, 0.29) is 24.1 Å². The molecule has 2 heterocycles. The predicted octanol–water partition coefficient (Wildman–Crippen LogP) is 6.39. The zero-order valence-electron chi connectivity index (χ0n) is 21.8. The lowest BCUT2D eigenvalue weighted by Gasteiger charge is -2.22. The standard InChI is InChI=1S/C31H24F4N4O2/c1-17(40)38-28-12-19(4-6-26(28)35)24-3-2-8-36-31(24)29(11-18-9-22(33)14-23(34)10-18)39-30(41)13-20-16-37-27-7-5-21(32)15-25(20)27/h2-10,12,14-16,29,37H,11,13H2,1H3,(H,38,40)(H,39,41)/t29-/m0/s1. The fourth-order valence-corrected chi connectivity index (χ4v) is 4.81. The molecule has 0 bridgehead atoms. The van der Waals surface area contributed by atoms with Crippen LogP contribution in [0.5, 0.6) is 0 Å². The van der Waals surface area contributed by atoms with Crippen molar-refractivity contribution in [1.82, 2.24) is 15.3 Å². The van der Waals surface area contributed by atoms with Crippen molar-refractivity contribution < 1.29 is 27.2 Å². The summed E-state index contributed by atoms with van der Waals surface area (Å²) in [5.74, 6) is -3.52. The van der Waals surface area contributed by atoms with Gasteiger partial charge in [-0.05, 0) is 71.6 Å². The number of carbonyl (C=O) groups is 2. The first-order valence-electron chi connectivity index (χ1n) is 12.7. The number of H-pyrrole nitrogens is 1. The number of amides is 2. The molecule has 208 valence electrons. The van der Waals surface area contributed by atoms with Crippen LogP contribution in [0.2, 0.25) is 0 Å². The number of aromatic nitrogens is 2. The Bertz CT molecular complexity index is 1750. The Hall–Kier alpha value is -4.99. The molecule has 1 atom stereocenters. The molecular formula is C31H24F4N4O2. The van der Waals surface area contributed by atoms with Gasteiger partial charge in [-0.2, -0.15) is 0 Å². The van der Waals surface area contributed by atoms with Crippen LogP contribution < -0.4 is 10.6 Å². The van der Waals surface area contributed by atoms with Crippen molar-refractivity contribution in [1.29, 1.82) is 0 Å². The molecule has 5 aromatic rings. The third-order valence-electron chi connectivity index (χ3n) is 6.53. The zero-order chi connectivity index (χ0) is 29.1. The lowest BCUT2D eigenvalue weighted by Crippen LogP contribution is -2.32. The minimum Gasteiger partial charge on any atom is -0.361 e. The number of nitrogens with one attached hydrogen (secondary N) is 3. The van der Waals surface area contributed by atoms with Gasteiger partial charge in [0, 0.05) is 41.9 Å². The molecule has 0 spiro atoms. The summed E-state index contributed by atoms with van der Waals surface area (Å²) in [4.78, 5) is 32.4. The summed E-state index contributed by atoms with van der Waals surface area (Å²) in [6.45, 7) is 1.26. The van der Waals surface area contributed by atoms with E-state index in [9.17, 15) is 27.2 Å². The number of hydrogen-bond donors (Lipinski definition) is 3. The maximum Gasteiger partial charge on any atom is 0.225 e. The molecule has 0 saturated heterocycles. The SMILES string of the molecule is CC(=O)Nc1cc(-c2cccnc2[C@H](Cc2cc(F)cc(F)c2)NC(=O)Cc2c[nH]c3ccc(F)cc23)ccc1F. The number of rotatable bonds is 8. The summed E-state index contributed by atoms with van der Waals surface area (Å²) in [7, 11) is 0. The molecule has 0 saturated carbocycles. The van der Waals surface area contributed by atoms with Crippen molar-refractivity contribution >= 4 is 28.4 Å². The smallest absolute Gasteiger partial charge is 0.225 e. The lowest BCUT2D eigenvalue weighted by molar-refractivity contribution is -0.121. The summed E-state index contributed by atoms with van der Waals surface area (Å²) < 4.78 is 56.4. The molecule has 5 rings (SSSR count). The van der Waals surface area contributed by atoms with Gasteiger partial charge in [0.05, 0.1) is 23.8 Å². The predicted molar refractivity (Wildman–Crippen MR) is 147 cm³/mol. The fourth-order valence-electron chi connectivity index (χ4n) is 4.81. The number of carbonyl (C=O) groups excluding carboxylic acids is 2. The number of anilines is 1. The van der Waals surface area contributed by atoms with Crippen molar-refractivity contribution in [3.05, 3.63) is 119 Å². The van der Waals surface area contributed by atoms with E-state index in [1.807, 2.05) is 0 Å². The number of hydrogen-bond acceptors (Lipinski definition) is 3. The molecule has 0 unspecified atom stereocenters. The van der Waals surface area contributed by atoms with E-state index in [1.165, 1.54) is 55.6 Å². The van der Waals surface area contributed by atoms with Crippen LogP contribution in [0.1, 0.15) is 29.8 Å². The van der Waals surface area contributed by atoms with Gasteiger partial charge in [-0.15, -0.1) is 0 Å². The molecule has 0 fully saturated rings. The monoisotopic (exact) mass is 560 g/mol. The van der Waals surface area contributed by atoms with Gasteiger partial charge in [-0.25, -0.2) is 17.6 Å². The Labute approximate surface area is 232 Å². The van der Waals surface area contributed by atoms with E-state index < -0.39 is 41.1 Å². The normalized spacial score (nSPS) is 11.8. The Morgan fingerprint density at radius 3 is 2.46 bits per heavy atom. The zero-order valence-corrected chi connectivity index (χ0v) is 21.8. The Morgan fingerprint density at radius 1 is 0.927 bits per heavy atom. The summed E-state index contributed by atoms with van der Waals surface area (Å²) in [5, 5.41) is 5.91. The van der Waals surface area contributed by atoms with Crippen LogP contribution in [0.15, 0.2) is 79.1 Å². The highest BCUT2D eigenvalue weighted by atomic mass is 19.1. The molecule has 41 heavy (non-hydrogen) atoms. The van der Waals surface area contributed by atoms with Crippen LogP contribution in [-0.2, 0) is 22.4 Å². The maximum absolute atomic E-state index is 14.4. The number of halogens is 4. The minimum atomic E-state index is -0.865. The van der Waals surface area contributed by atoms with Crippen LogP contribution in [0.3, 0.4) is 0 Å². The van der Waals surface area contributed by atoms with Gasteiger partial charge in [0.15, 0.2) is 0 Å². The van der Waals surface area contributed by atoms with E-state index >= 15 is 0 Å². The fraction of sp³-hybridized carbons (Fsp3) is 0.129. The largest absolute Gasteiger partial charge is 0.361 e. The molecule has 3 N–H and O–H groups in total. The molecule has 0 aliphatic heterocycles. The van der Waals surface area contributed by atoms with Crippen LogP contribution in [-0.4, -0.2) is 21.8 Å². The first-order chi connectivity index (χ1) is 19.7. The third kappa shape index (κ3) is 6.43.